The van der Waals surface area contributed by atoms with Gasteiger partial charge in [0.25, 0.3) is 0 Å². The number of nitrogens with one attached hydrogen (secondary N) is 1. The highest BCUT2D eigenvalue weighted by atomic mass is 32.2. The number of rotatable bonds is 6. The van der Waals surface area contributed by atoms with Crippen molar-refractivity contribution in [3.05, 3.63) is 36.9 Å². The van der Waals surface area contributed by atoms with Crippen molar-refractivity contribution in [2.75, 3.05) is 24.8 Å². The molecule has 3 nitrogen and oxygen atoms in total. The second-order valence-corrected chi connectivity index (χ2v) is 4.14. The van der Waals surface area contributed by atoms with E-state index in [1.165, 1.54) is 7.11 Å². The van der Waals surface area contributed by atoms with Crippen LogP contribution in [0.1, 0.15) is 0 Å². The molecule has 1 N–H and O–H groups in total. The van der Waals surface area contributed by atoms with Gasteiger partial charge in [0.2, 0.25) is 5.91 Å². The molecule has 1 aromatic rings. The van der Waals surface area contributed by atoms with E-state index in [2.05, 4.69) is 11.9 Å². The van der Waals surface area contributed by atoms with E-state index >= 15 is 0 Å². The van der Waals surface area contributed by atoms with Gasteiger partial charge in [-0.15, -0.1) is 18.3 Å². The van der Waals surface area contributed by atoms with Crippen LogP contribution in [0, 0.1) is 0 Å². The first-order valence-corrected chi connectivity index (χ1v) is 5.88. The largest absolute Gasteiger partial charge is 0.375 e. The Morgan fingerprint density at radius 1 is 1.56 bits per heavy atom. The lowest BCUT2D eigenvalue weighted by Gasteiger charge is -2.09. The van der Waals surface area contributed by atoms with Crippen LogP contribution in [0.25, 0.3) is 0 Å². The monoisotopic (exact) mass is 237 g/mol. The van der Waals surface area contributed by atoms with Crippen molar-refractivity contribution < 1.29 is 9.53 Å². The third kappa shape index (κ3) is 4.08. The first-order valence-electron chi connectivity index (χ1n) is 4.89. The van der Waals surface area contributed by atoms with E-state index in [9.17, 15) is 4.79 Å². The maximum atomic E-state index is 11.4. The fraction of sp³-hybridized carbons (Fsp3) is 0.250. The molecule has 16 heavy (non-hydrogen) atoms. The van der Waals surface area contributed by atoms with Gasteiger partial charge in [-0.1, -0.05) is 18.2 Å². The van der Waals surface area contributed by atoms with Crippen molar-refractivity contribution in [3.63, 3.8) is 0 Å². The molecule has 86 valence electrons. The Labute approximate surface area is 99.9 Å². The van der Waals surface area contributed by atoms with Crippen LogP contribution < -0.4 is 5.32 Å². The summed E-state index contributed by atoms with van der Waals surface area (Å²) in [6.45, 7) is 3.74. The number of thioether (sulfide) groups is 1. The number of ether oxygens (including phenoxy) is 1. The molecular formula is C12H15NO2S. The van der Waals surface area contributed by atoms with Gasteiger partial charge < -0.3 is 10.1 Å². The highest BCUT2D eigenvalue weighted by Crippen LogP contribution is 2.26. The van der Waals surface area contributed by atoms with Gasteiger partial charge in [-0.05, 0) is 12.1 Å². The number of amides is 1. The topological polar surface area (TPSA) is 38.3 Å². The minimum Gasteiger partial charge on any atom is -0.375 e. The van der Waals surface area contributed by atoms with Gasteiger partial charge in [0, 0.05) is 17.8 Å². The summed E-state index contributed by atoms with van der Waals surface area (Å²) in [4.78, 5) is 12.4. The molecule has 0 atom stereocenters. The predicted molar refractivity (Wildman–Crippen MR) is 67.9 cm³/mol. The normalized spacial score (nSPS) is 9.81. The first-order chi connectivity index (χ1) is 7.77. The van der Waals surface area contributed by atoms with Crippen molar-refractivity contribution >= 4 is 23.4 Å². The zero-order valence-electron chi connectivity index (χ0n) is 9.23. The van der Waals surface area contributed by atoms with Crippen molar-refractivity contribution in [2.24, 2.45) is 0 Å². The number of para-hydroxylation sites is 1. The summed E-state index contributed by atoms with van der Waals surface area (Å²) in [6.07, 6.45) is 1.83. The molecule has 0 aromatic heterocycles. The average Bonchev–Trinajstić information content (AvgIpc) is 2.28. The van der Waals surface area contributed by atoms with Crippen LogP contribution in [0.5, 0.6) is 0 Å². The lowest BCUT2D eigenvalue weighted by atomic mass is 10.3. The summed E-state index contributed by atoms with van der Waals surface area (Å²) in [7, 11) is 1.50. The molecule has 1 rings (SSSR count). The maximum Gasteiger partial charge on any atom is 0.250 e. The van der Waals surface area contributed by atoms with E-state index in [-0.39, 0.29) is 12.5 Å². The summed E-state index contributed by atoms with van der Waals surface area (Å²) in [5.74, 6) is 0.672. The average molecular weight is 237 g/mol. The molecule has 0 heterocycles. The van der Waals surface area contributed by atoms with Crippen molar-refractivity contribution in [1.29, 1.82) is 0 Å². The highest BCUT2D eigenvalue weighted by Gasteiger charge is 2.05. The second kappa shape index (κ2) is 7.09. The van der Waals surface area contributed by atoms with Gasteiger partial charge in [-0.2, -0.15) is 0 Å². The third-order valence-electron chi connectivity index (χ3n) is 1.79. The standard InChI is InChI=1S/C12H15NO2S/c1-3-8-16-11-7-5-4-6-10(11)13-12(14)9-15-2/h3-7H,1,8-9H2,2H3,(H,13,14). The molecule has 0 fully saturated rings. The zero-order chi connectivity index (χ0) is 11.8. The fourth-order valence-electron chi connectivity index (χ4n) is 1.16. The van der Waals surface area contributed by atoms with Gasteiger partial charge in [-0.25, -0.2) is 0 Å². The molecule has 0 aliphatic heterocycles. The molecule has 4 heteroatoms. The molecule has 0 unspecified atom stereocenters. The molecule has 0 bridgehead atoms. The van der Waals surface area contributed by atoms with E-state index in [1.807, 2.05) is 30.3 Å². The van der Waals surface area contributed by atoms with E-state index in [0.717, 1.165) is 16.3 Å². The Morgan fingerprint density at radius 2 is 2.31 bits per heavy atom. The minimum absolute atomic E-state index is 0.0699. The number of anilines is 1. The number of hydrogen-bond donors (Lipinski definition) is 1. The van der Waals surface area contributed by atoms with Crippen molar-refractivity contribution in [2.45, 2.75) is 4.90 Å². The quantitative estimate of drug-likeness (QED) is 0.610. The molecular weight excluding hydrogens is 222 g/mol. The van der Waals surface area contributed by atoms with Crippen LogP contribution in [0.2, 0.25) is 0 Å². The Balaban J connectivity index is 2.70. The van der Waals surface area contributed by atoms with E-state index in [0.29, 0.717) is 0 Å². The number of methoxy groups -OCH3 is 1. The van der Waals surface area contributed by atoms with Gasteiger partial charge in [0.05, 0.1) is 5.69 Å². The van der Waals surface area contributed by atoms with Crippen LogP contribution in [-0.2, 0) is 9.53 Å². The number of carbonyl (C=O) groups excluding carboxylic acids is 1. The second-order valence-electron chi connectivity index (χ2n) is 3.08. The van der Waals surface area contributed by atoms with Crippen LogP contribution in [0.3, 0.4) is 0 Å². The smallest absolute Gasteiger partial charge is 0.250 e. The Kier molecular flexibility index (Phi) is 5.67. The Morgan fingerprint density at radius 3 is 3.00 bits per heavy atom. The van der Waals surface area contributed by atoms with E-state index in [4.69, 9.17) is 4.74 Å². The lowest BCUT2D eigenvalue weighted by molar-refractivity contribution is -0.119. The van der Waals surface area contributed by atoms with Gasteiger partial charge in [0.15, 0.2) is 0 Å². The summed E-state index contributed by atoms with van der Waals surface area (Å²) in [6, 6.07) is 7.67. The number of carbonyl (C=O) groups is 1. The molecule has 0 aliphatic carbocycles. The molecule has 0 radical (unpaired) electrons. The molecule has 0 saturated heterocycles. The van der Waals surface area contributed by atoms with E-state index < -0.39 is 0 Å². The summed E-state index contributed by atoms with van der Waals surface area (Å²) in [5, 5.41) is 2.80. The SMILES string of the molecule is C=CCSc1ccccc1NC(=O)COC. The summed E-state index contributed by atoms with van der Waals surface area (Å²) < 4.78 is 4.76. The molecule has 0 spiro atoms. The van der Waals surface area contributed by atoms with Crippen LogP contribution in [0.4, 0.5) is 5.69 Å². The molecule has 1 amide bonds. The zero-order valence-corrected chi connectivity index (χ0v) is 10.0. The Bertz CT molecular complexity index is 366. The fourth-order valence-corrected chi connectivity index (χ4v) is 1.91. The number of benzene rings is 1. The lowest BCUT2D eigenvalue weighted by Crippen LogP contribution is -2.17. The van der Waals surface area contributed by atoms with Gasteiger partial charge in [-0.3, -0.25) is 4.79 Å². The molecule has 0 aliphatic rings. The molecule has 0 saturated carbocycles. The van der Waals surface area contributed by atoms with E-state index in [1.54, 1.807) is 11.8 Å². The third-order valence-corrected chi connectivity index (χ3v) is 2.86. The van der Waals surface area contributed by atoms with Crippen LogP contribution in [-0.4, -0.2) is 25.4 Å². The van der Waals surface area contributed by atoms with Gasteiger partial charge in [0.1, 0.15) is 6.61 Å². The summed E-state index contributed by atoms with van der Waals surface area (Å²) >= 11 is 1.63. The summed E-state index contributed by atoms with van der Waals surface area (Å²) in [5.41, 5.74) is 0.816. The number of hydrogen-bond acceptors (Lipinski definition) is 3. The highest BCUT2D eigenvalue weighted by molar-refractivity contribution is 7.99. The molecule has 1 aromatic carbocycles. The van der Waals surface area contributed by atoms with Crippen molar-refractivity contribution in [1.82, 2.24) is 0 Å². The van der Waals surface area contributed by atoms with Crippen molar-refractivity contribution in [3.8, 4) is 0 Å². The van der Waals surface area contributed by atoms with Gasteiger partial charge >= 0.3 is 0 Å². The Hall–Kier alpha value is -1.26. The van der Waals surface area contributed by atoms with Crippen LogP contribution in [0.15, 0.2) is 41.8 Å². The first kappa shape index (κ1) is 12.8. The van der Waals surface area contributed by atoms with Crippen LogP contribution >= 0.6 is 11.8 Å². The maximum absolute atomic E-state index is 11.4. The minimum atomic E-state index is -0.144. The predicted octanol–water partition coefficient (Wildman–Crippen LogP) is 2.55.